The van der Waals surface area contributed by atoms with Gasteiger partial charge in [0.05, 0.1) is 18.1 Å². The molecule has 0 fully saturated rings. The Balaban J connectivity index is 2.77. The molecule has 1 N–H and O–H groups in total. The number of nitro groups is 1. The number of rotatable bonds is 6. The highest BCUT2D eigenvalue weighted by atomic mass is 16.6. The molecule has 7 heteroatoms. The molecule has 0 aliphatic carbocycles. The van der Waals surface area contributed by atoms with Crippen molar-refractivity contribution in [2.45, 2.75) is 19.5 Å². The molecule has 0 saturated heterocycles. The lowest BCUT2D eigenvalue weighted by Crippen LogP contribution is -2.41. The third-order valence-corrected chi connectivity index (χ3v) is 2.86. The van der Waals surface area contributed by atoms with Crippen LogP contribution in [0.4, 0.5) is 5.69 Å². The monoisotopic (exact) mass is 281 g/mol. The van der Waals surface area contributed by atoms with Gasteiger partial charge in [0.15, 0.2) is 5.75 Å². The van der Waals surface area contributed by atoms with E-state index in [1.807, 2.05) is 0 Å². The van der Waals surface area contributed by atoms with Gasteiger partial charge in [0, 0.05) is 26.7 Å². The Bertz CT molecular complexity index is 502. The first-order valence-electron chi connectivity index (χ1n) is 6.12. The molecule has 20 heavy (non-hydrogen) atoms. The van der Waals surface area contributed by atoms with Crippen molar-refractivity contribution >= 4 is 11.6 Å². The molecule has 0 aromatic heterocycles. The highest BCUT2D eigenvalue weighted by molar-refractivity contribution is 5.80. The van der Waals surface area contributed by atoms with Gasteiger partial charge in [0.25, 0.3) is 0 Å². The molecule has 110 valence electrons. The standard InChI is InChI=1S/C13H19N3O4/c1-9(13(17)15(2)3)14-8-10-5-6-12(20-4)11(7-10)16(18)19/h5-7,9,14H,8H2,1-4H3. The fraction of sp³-hybridized carbons (Fsp3) is 0.462. The second kappa shape index (κ2) is 6.85. The zero-order chi connectivity index (χ0) is 15.3. The molecule has 0 aliphatic rings. The Kier molecular flexibility index (Phi) is 5.45. The predicted octanol–water partition coefficient (Wildman–Crippen LogP) is 1.17. The first-order valence-corrected chi connectivity index (χ1v) is 6.12. The molecule has 1 rings (SSSR count). The number of amides is 1. The SMILES string of the molecule is COc1ccc(CNC(C)C(=O)N(C)C)cc1[N+](=O)[O-]. The van der Waals surface area contributed by atoms with Gasteiger partial charge < -0.3 is 15.0 Å². The summed E-state index contributed by atoms with van der Waals surface area (Å²) in [7, 11) is 4.75. The summed E-state index contributed by atoms with van der Waals surface area (Å²) in [6.45, 7) is 2.12. The summed E-state index contributed by atoms with van der Waals surface area (Å²) in [5, 5.41) is 13.9. The zero-order valence-corrected chi connectivity index (χ0v) is 12.0. The number of nitrogens with one attached hydrogen (secondary N) is 1. The molecular weight excluding hydrogens is 262 g/mol. The lowest BCUT2D eigenvalue weighted by molar-refractivity contribution is -0.385. The van der Waals surface area contributed by atoms with Crippen molar-refractivity contribution in [3.63, 3.8) is 0 Å². The Morgan fingerprint density at radius 3 is 2.65 bits per heavy atom. The van der Waals surface area contributed by atoms with Gasteiger partial charge in [-0.25, -0.2) is 0 Å². The molecular formula is C13H19N3O4. The second-order valence-electron chi connectivity index (χ2n) is 4.60. The van der Waals surface area contributed by atoms with E-state index in [1.165, 1.54) is 18.1 Å². The summed E-state index contributed by atoms with van der Waals surface area (Å²) in [6, 6.07) is 4.36. The molecule has 1 amide bonds. The van der Waals surface area contributed by atoms with E-state index >= 15 is 0 Å². The summed E-state index contributed by atoms with van der Waals surface area (Å²) >= 11 is 0. The molecule has 7 nitrogen and oxygen atoms in total. The number of methoxy groups -OCH3 is 1. The maximum atomic E-state index is 11.7. The molecule has 0 aliphatic heterocycles. The lowest BCUT2D eigenvalue weighted by Gasteiger charge is -2.18. The largest absolute Gasteiger partial charge is 0.490 e. The van der Waals surface area contributed by atoms with Crippen LogP contribution in [0.1, 0.15) is 12.5 Å². The summed E-state index contributed by atoms with van der Waals surface area (Å²) in [4.78, 5) is 23.6. The first-order chi connectivity index (χ1) is 9.36. The average Bonchev–Trinajstić information content (AvgIpc) is 2.43. The molecule has 1 atom stereocenters. The topological polar surface area (TPSA) is 84.7 Å². The van der Waals surface area contributed by atoms with E-state index < -0.39 is 4.92 Å². The van der Waals surface area contributed by atoms with Crippen molar-refractivity contribution in [2.24, 2.45) is 0 Å². The van der Waals surface area contributed by atoms with Crippen LogP contribution in [-0.4, -0.2) is 43.0 Å². The predicted molar refractivity (Wildman–Crippen MR) is 74.6 cm³/mol. The van der Waals surface area contributed by atoms with Crippen LogP contribution < -0.4 is 10.1 Å². The highest BCUT2D eigenvalue weighted by Crippen LogP contribution is 2.27. The maximum absolute atomic E-state index is 11.7. The van der Waals surface area contributed by atoms with E-state index in [1.54, 1.807) is 33.2 Å². The number of hydrogen-bond acceptors (Lipinski definition) is 5. The van der Waals surface area contributed by atoms with Gasteiger partial charge >= 0.3 is 5.69 Å². The van der Waals surface area contributed by atoms with Crippen LogP contribution in [0.25, 0.3) is 0 Å². The third kappa shape index (κ3) is 3.92. The van der Waals surface area contributed by atoms with Crippen LogP contribution in [-0.2, 0) is 11.3 Å². The summed E-state index contributed by atoms with van der Waals surface area (Å²) < 4.78 is 4.93. The molecule has 1 unspecified atom stereocenters. The quantitative estimate of drug-likeness (QED) is 0.625. The summed E-state index contributed by atoms with van der Waals surface area (Å²) in [6.07, 6.45) is 0. The van der Waals surface area contributed by atoms with Gasteiger partial charge in [0.2, 0.25) is 5.91 Å². The molecule has 1 aromatic rings. The van der Waals surface area contributed by atoms with Crippen molar-refractivity contribution in [3.05, 3.63) is 33.9 Å². The minimum atomic E-state index is -0.489. The number of carbonyl (C=O) groups is 1. The normalized spacial score (nSPS) is 11.8. The minimum absolute atomic E-state index is 0.0481. The number of benzene rings is 1. The lowest BCUT2D eigenvalue weighted by atomic mass is 10.1. The fourth-order valence-electron chi connectivity index (χ4n) is 1.73. The maximum Gasteiger partial charge on any atom is 0.311 e. The molecule has 0 spiro atoms. The molecule has 0 radical (unpaired) electrons. The van der Waals surface area contributed by atoms with Gasteiger partial charge in [-0.2, -0.15) is 0 Å². The number of likely N-dealkylation sites (N-methyl/N-ethyl adjacent to an activating group) is 1. The fourth-order valence-corrected chi connectivity index (χ4v) is 1.73. The van der Waals surface area contributed by atoms with Crippen LogP contribution in [0.5, 0.6) is 5.75 Å². The second-order valence-corrected chi connectivity index (χ2v) is 4.60. The van der Waals surface area contributed by atoms with E-state index in [0.717, 1.165) is 5.56 Å². The summed E-state index contributed by atoms with van der Waals surface area (Å²) in [5.74, 6) is 0.171. The Labute approximate surface area is 117 Å². The van der Waals surface area contributed by atoms with Crippen LogP contribution in [0.2, 0.25) is 0 Å². The Hall–Kier alpha value is -2.15. The highest BCUT2D eigenvalue weighted by Gasteiger charge is 2.17. The van der Waals surface area contributed by atoms with E-state index in [0.29, 0.717) is 6.54 Å². The number of hydrogen-bond donors (Lipinski definition) is 1. The average molecular weight is 281 g/mol. The van der Waals surface area contributed by atoms with Crippen molar-refractivity contribution < 1.29 is 14.5 Å². The zero-order valence-electron chi connectivity index (χ0n) is 12.0. The van der Waals surface area contributed by atoms with Crippen molar-refractivity contribution in [1.82, 2.24) is 10.2 Å². The molecule has 0 heterocycles. The van der Waals surface area contributed by atoms with Crippen molar-refractivity contribution in [3.8, 4) is 5.75 Å². The molecule has 0 bridgehead atoms. The van der Waals surface area contributed by atoms with Gasteiger partial charge in [-0.05, 0) is 18.6 Å². The van der Waals surface area contributed by atoms with E-state index in [9.17, 15) is 14.9 Å². The number of nitro benzene ring substituents is 1. The van der Waals surface area contributed by atoms with Crippen LogP contribution >= 0.6 is 0 Å². The minimum Gasteiger partial charge on any atom is -0.490 e. The number of ether oxygens (including phenoxy) is 1. The van der Waals surface area contributed by atoms with Crippen molar-refractivity contribution in [1.29, 1.82) is 0 Å². The first kappa shape index (κ1) is 15.9. The van der Waals surface area contributed by atoms with E-state index in [-0.39, 0.29) is 23.4 Å². The molecule has 0 saturated carbocycles. The Morgan fingerprint density at radius 2 is 2.15 bits per heavy atom. The van der Waals surface area contributed by atoms with Gasteiger partial charge in [-0.15, -0.1) is 0 Å². The third-order valence-electron chi connectivity index (χ3n) is 2.86. The van der Waals surface area contributed by atoms with E-state index in [2.05, 4.69) is 5.32 Å². The van der Waals surface area contributed by atoms with E-state index in [4.69, 9.17) is 4.74 Å². The number of nitrogens with zero attached hydrogens (tertiary/aromatic N) is 2. The van der Waals surface area contributed by atoms with Crippen LogP contribution in [0.15, 0.2) is 18.2 Å². The molecule has 1 aromatic carbocycles. The number of carbonyl (C=O) groups excluding carboxylic acids is 1. The van der Waals surface area contributed by atoms with Crippen LogP contribution in [0, 0.1) is 10.1 Å². The van der Waals surface area contributed by atoms with Gasteiger partial charge in [0.1, 0.15) is 0 Å². The Morgan fingerprint density at radius 1 is 1.50 bits per heavy atom. The van der Waals surface area contributed by atoms with Gasteiger partial charge in [-0.3, -0.25) is 14.9 Å². The summed E-state index contributed by atoms with van der Waals surface area (Å²) in [5.41, 5.74) is 0.634. The van der Waals surface area contributed by atoms with Crippen molar-refractivity contribution in [2.75, 3.05) is 21.2 Å². The smallest absolute Gasteiger partial charge is 0.311 e. The van der Waals surface area contributed by atoms with Gasteiger partial charge in [-0.1, -0.05) is 6.07 Å². The van der Waals surface area contributed by atoms with Crippen LogP contribution in [0.3, 0.4) is 0 Å².